The number of nitrogens with one attached hydrogen (secondary N) is 4. The van der Waals surface area contributed by atoms with Gasteiger partial charge in [0.05, 0.1) is 19.2 Å². The molecule has 4 N–H and O–H groups in total. The van der Waals surface area contributed by atoms with E-state index in [1.165, 1.54) is 0 Å². The quantitative estimate of drug-likeness (QED) is 0.178. The number of carbonyl (C=O) groups excluding carboxylic acids is 3. The highest BCUT2D eigenvalue weighted by atomic mass is 32.2. The van der Waals surface area contributed by atoms with Gasteiger partial charge >= 0.3 is 6.03 Å². The number of fused-ring (bicyclic) bond motifs is 1. The van der Waals surface area contributed by atoms with Crippen molar-refractivity contribution < 1.29 is 19.1 Å². The number of hydrogen-bond donors (Lipinski definition) is 4. The molecule has 3 atom stereocenters. The number of rotatable bonds is 10. The standard InChI is InChI=1S/C30H38N4O4S2/c1-30(2,3)20-12-9-18(10-13-20)27(36)34-29(39)31-21-14-11-19(24(16-21)38-4)15-22(35)7-5-6-8-25-26-23(17-40-25)32-28(37)33-26/h9-14,16,23,25-26H,5-8,15,17H2,1-4H3,(H2,32,33,37)(H2,31,34,36,39). The first kappa shape index (κ1) is 29.9. The van der Waals surface area contributed by atoms with Crippen LogP contribution in [0.5, 0.6) is 5.75 Å². The van der Waals surface area contributed by atoms with Gasteiger partial charge in [-0.05, 0) is 54.2 Å². The van der Waals surface area contributed by atoms with Crippen molar-refractivity contribution in [1.82, 2.24) is 16.0 Å². The second kappa shape index (κ2) is 13.0. The summed E-state index contributed by atoms with van der Waals surface area (Å²) in [6.07, 6.45) is 3.56. The molecule has 2 heterocycles. The lowest BCUT2D eigenvalue weighted by atomic mass is 9.87. The number of benzene rings is 2. The Morgan fingerprint density at radius 2 is 1.85 bits per heavy atom. The normalized spacial score (nSPS) is 19.8. The van der Waals surface area contributed by atoms with Gasteiger partial charge in [-0.2, -0.15) is 11.8 Å². The fraction of sp³-hybridized carbons (Fsp3) is 0.467. The van der Waals surface area contributed by atoms with Crippen molar-refractivity contribution in [3.05, 3.63) is 59.2 Å². The topological polar surface area (TPSA) is 109 Å². The molecule has 10 heteroatoms. The molecule has 2 fully saturated rings. The summed E-state index contributed by atoms with van der Waals surface area (Å²) in [5.74, 6) is 1.40. The van der Waals surface area contributed by atoms with Crippen LogP contribution in [-0.4, -0.2) is 53.0 Å². The Labute approximate surface area is 245 Å². The molecule has 0 aliphatic carbocycles. The van der Waals surface area contributed by atoms with Crippen molar-refractivity contribution in [3.63, 3.8) is 0 Å². The highest BCUT2D eigenvalue weighted by molar-refractivity contribution is 8.00. The number of urea groups is 1. The zero-order chi connectivity index (χ0) is 28.9. The molecule has 0 radical (unpaired) electrons. The minimum Gasteiger partial charge on any atom is -0.496 e. The number of methoxy groups -OCH3 is 1. The third-order valence-corrected chi connectivity index (χ3v) is 9.02. The molecule has 2 aromatic rings. The van der Waals surface area contributed by atoms with Gasteiger partial charge in [0.2, 0.25) is 0 Å². The van der Waals surface area contributed by atoms with Crippen LogP contribution in [0.3, 0.4) is 0 Å². The van der Waals surface area contributed by atoms with E-state index in [9.17, 15) is 14.4 Å². The predicted molar refractivity (Wildman–Crippen MR) is 164 cm³/mol. The van der Waals surface area contributed by atoms with Gasteiger partial charge in [0.15, 0.2) is 5.11 Å². The predicted octanol–water partition coefficient (Wildman–Crippen LogP) is 4.96. The third-order valence-electron chi connectivity index (χ3n) is 7.31. The molecule has 3 amide bonds. The number of Topliss-reactive ketones (excluding diaryl/α,β-unsaturated/α-hetero) is 1. The first-order valence-corrected chi connectivity index (χ1v) is 15.1. The van der Waals surface area contributed by atoms with Crippen LogP contribution in [0.25, 0.3) is 0 Å². The molecule has 2 aliphatic rings. The van der Waals surface area contributed by atoms with Crippen molar-refractivity contribution in [1.29, 1.82) is 0 Å². The number of ketones is 1. The van der Waals surface area contributed by atoms with Gasteiger partial charge in [0.25, 0.3) is 5.91 Å². The summed E-state index contributed by atoms with van der Waals surface area (Å²) in [5, 5.41) is 12.3. The first-order valence-electron chi connectivity index (χ1n) is 13.6. The van der Waals surface area contributed by atoms with E-state index in [2.05, 4.69) is 42.0 Å². The maximum absolute atomic E-state index is 12.7. The smallest absolute Gasteiger partial charge is 0.315 e. The summed E-state index contributed by atoms with van der Waals surface area (Å²) in [5.41, 5.74) is 3.14. The second-order valence-corrected chi connectivity index (χ2v) is 13.0. The van der Waals surface area contributed by atoms with E-state index in [0.717, 1.165) is 36.1 Å². The molecule has 8 nitrogen and oxygen atoms in total. The maximum atomic E-state index is 12.7. The van der Waals surface area contributed by atoms with E-state index in [1.807, 2.05) is 36.0 Å². The van der Waals surface area contributed by atoms with Crippen LogP contribution in [0.4, 0.5) is 10.5 Å². The number of carbonyl (C=O) groups is 3. The summed E-state index contributed by atoms with van der Waals surface area (Å²) >= 11 is 7.24. The Bertz CT molecular complexity index is 1260. The van der Waals surface area contributed by atoms with E-state index in [4.69, 9.17) is 17.0 Å². The largest absolute Gasteiger partial charge is 0.496 e. The highest BCUT2D eigenvalue weighted by Crippen LogP contribution is 2.33. The van der Waals surface area contributed by atoms with Gasteiger partial charge in [-0.15, -0.1) is 0 Å². The van der Waals surface area contributed by atoms with Crippen LogP contribution >= 0.6 is 24.0 Å². The van der Waals surface area contributed by atoms with Crippen LogP contribution < -0.4 is 26.0 Å². The van der Waals surface area contributed by atoms with Crippen molar-refractivity contribution in [2.75, 3.05) is 18.2 Å². The van der Waals surface area contributed by atoms with Gasteiger partial charge in [-0.25, -0.2) is 4.79 Å². The first-order chi connectivity index (χ1) is 19.0. The Morgan fingerprint density at radius 1 is 1.10 bits per heavy atom. The number of hydrogen-bond acceptors (Lipinski definition) is 6. The average molecular weight is 583 g/mol. The van der Waals surface area contributed by atoms with E-state index in [0.29, 0.717) is 28.7 Å². The van der Waals surface area contributed by atoms with Gasteiger partial charge in [0, 0.05) is 46.7 Å². The minimum atomic E-state index is -0.289. The third kappa shape index (κ3) is 7.75. The molecular weight excluding hydrogens is 544 g/mol. The van der Waals surface area contributed by atoms with Crippen molar-refractivity contribution in [2.45, 2.75) is 75.6 Å². The van der Waals surface area contributed by atoms with Crippen molar-refractivity contribution in [3.8, 4) is 5.75 Å². The average Bonchev–Trinajstić information content (AvgIpc) is 3.46. The molecule has 3 unspecified atom stereocenters. The summed E-state index contributed by atoms with van der Waals surface area (Å²) in [6, 6.07) is 13.3. The van der Waals surface area contributed by atoms with Gasteiger partial charge in [-0.1, -0.05) is 45.4 Å². The molecule has 0 aromatic heterocycles. The van der Waals surface area contributed by atoms with Crippen LogP contribution in [0.2, 0.25) is 0 Å². The molecule has 2 aliphatic heterocycles. The lowest BCUT2D eigenvalue weighted by molar-refractivity contribution is -0.118. The van der Waals surface area contributed by atoms with E-state index in [1.54, 1.807) is 25.3 Å². The molecule has 2 saturated heterocycles. The molecule has 0 bridgehead atoms. The van der Waals surface area contributed by atoms with Gasteiger partial charge < -0.3 is 20.7 Å². The molecule has 2 aromatic carbocycles. The Balaban J connectivity index is 1.22. The lowest BCUT2D eigenvalue weighted by Crippen LogP contribution is -2.36. The van der Waals surface area contributed by atoms with Gasteiger partial charge in [0.1, 0.15) is 11.5 Å². The molecule has 4 rings (SSSR count). The monoisotopic (exact) mass is 582 g/mol. The van der Waals surface area contributed by atoms with E-state index >= 15 is 0 Å². The number of unbranched alkanes of at least 4 members (excludes halogenated alkanes) is 1. The van der Waals surface area contributed by atoms with Crippen LogP contribution in [0.1, 0.15) is 67.9 Å². The van der Waals surface area contributed by atoms with E-state index in [-0.39, 0.29) is 46.8 Å². The highest BCUT2D eigenvalue weighted by Gasteiger charge is 2.42. The summed E-state index contributed by atoms with van der Waals surface area (Å²) in [4.78, 5) is 36.9. The van der Waals surface area contributed by atoms with Crippen LogP contribution in [-0.2, 0) is 16.6 Å². The SMILES string of the molecule is COc1cc(NC(=S)NC(=O)c2ccc(C(C)(C)C)cc2)ccc1CC(=O)CCCCC1SCC2NC(=O)NC21. The molecule has 0 saturated carbocycles. The molecule has 40 heavy (non-hydrogen) atoms. The zero-order valence-corrected chi connectivity index (χ0v) is 25.1. The summed E-state index contributed by atoms with van der Waals surface area (Å²) < 4.78 is 5.53. The fourth-order valence-corrected chi connectivity index (χ4v) is 6.79. The number of ether oxygens (including phenoxy) is 1. The second-order valence-electron chi connectivity index (χ2n) is 11.3. The number of anilines is 1. The van der Waals surface area contributed by atoms with Crippen molar-refractivity contribution >= 4 is 52.5 Å². The number of thiocarbonyl (C=S) groups is 1. The number of amides is 3. The Kier molecular flexibility index (Phi) is 9.73. The Morgan fingerprint density at radius 3 is 2.55 bits per heavy atom. The lowest BCUT2D eigenvalue weighted by Gasteiger charge is -2.19. The van der Waals surface area contributed by atoms with Gasteiger partial charge in [-0.3, -0.25) is 14.9 Å². The maximum Gasteiger partial charge on any atom is 0.315 e. The van der Waals surface area contributed by atoms with Crippen LogP contribution in [0.15, 0.2) is 42.5 Å². The molecular formula is C30H38N4O4S2. The van der Waals surface area contributed by atoms with Crippen LogP contribution in [0, 0.1) is 0 Å². The summed E-state index contributed by atoms with van der Waals surface area (Å²) in [6.45, 7) is 6.37. The number of thioether (sulfide) groups is 1. The molecule has 0 spiro atoms. The van der Waals surface area contributed by atoms with E-state index < -0.39 is 0 Å². The zero-order valence-electron chi connectivity index (χ0n) is 23.5. The fourth-order valence-electron chi connectivity index (χ4n) is 5.04. The minimum absolute atomic E-state index is 0.00875. The molecule has 214 valence electrons. The van der Waals surface area contributed by atoms with Crippen molar-refractivity contribution in [2.24, 2.45) is 0 Å². The summed E-state index contributed by atoms with van der Waals surface area (Å²) in [7, 11) is 1.57. The Hall–Kier alpha value is -3.11.